The molecule has 0 saturated carbocycles. The minimum Gasteiger partial charge on any atom is -0.493 e. The fourth-order valence-electron chi connectivity index (χ4n) is 4.03. The summed E-state index contributed by atoms with van der Waals surface area (Å²) in [6.07, 6.45) is -8.39. The molecule has 0 radical (unpaired) electrons. The number of rotatable bonds is 9. The van der Waals surface area contributed by atoms with E-state index in [9.17, 15) is 26.3 Å². The first-order chi connectivity index (χ1) is 20.8. The summed E-state index contributed by atoms with van der Waals surface area (Å²) < 4.78 is 88.9. The molecule has 0 bridgehead atoms. The number of ether oxygens (including phenoxy) is 1. The first-order valence-electron chi connectivity index (χ1n) is 13.5. The number of benzene rings is 3. The highest BCUT2D eigenvalue weighted by Gasteiger charge is 2.32. The monoisotopic (exact) mass is 615 g/mol. The first-order valence-corrected chi connectivity index (χ1v) is 13.5. The van der Waals surface area contributed by atoms with Gasteiger partial charge in [-0.3, -0.25) is 5.41 Å². The molecule has 0 heterocycles. The zero-order chi connectivity index (χ0) is 32.3. The van der Waals surface area contributed by atoms with Crippen LogP contribution in [0, 0.1) is 29.1 Å². The van der Waals surface area contributed by atoms with Crippen LogP contribution in [0.4, 0.5) is 26.3 Å². The Morgan fingerprint density at radius 3 is 1.57 bits per heavy atom. The average molecular weight is 616 g/mol. The first kappa shape index (κ1) is 33.8. The molecule has 0 aliphatic heterocycles. The Hall–Kier alpha value is -4.65. The molecule has 6 nitrogen and oxygen atoms in total. The van der Waals surface area contributed by atoms with Crippen LogP contribution in [0.3, 0.4) is 0 Å². The van der Waals surface area contributed by atoms with Gasteiger partial charge < -0.3 is 27.3 Å². The molecule has 232 valence electrons. The third kappa shape index (κ3) is 10.3. The number of nitrogens with one attached hydrogen (secondary N) is 2. The van der Waals surface area contributed by atoms with Gasteiger partial charge in [0.1, 0.15) is 5.75 Å². The molecule has 0 aliphatic carbocycles. The van der Waals surface area contributed by atoms with Gasteiger partial charge in [-0.1, -0.05) is 23.7 Å². The molecule has 0 aromatic heterocycles. The molecule has 44 heavy (non-hydrogen) atoms. The lowest BCUT2D eigenvalue weighted by atomic mass is 9.94. The molecule has 0 unspecified atom stereocenters. The lowest BCUT2D eigenvalue weighted by molar-refractivity contribution is -0.138. The summed E-state index contributed by atoms with van der Waals surface area (Å²) in [5.41, 5.74) is 15.3. The second-order valence-electron chi connectivity index (χ2n) is 9.56. The van der Waals surface area contributed by atoms with Crippen LogP contribution in [0.1, 0.15) is 41.5 Å². The highest BCUT2D eigenvalue weighted by Crippen LogP contribution is 2.38. The average Bonchev–Trinajstić information content (AvgIpc) is 2.96. The van der Waals surface area contributed by atoms with E-state index in [0.717, 1.165) is 24.3 Å². The Bertz CT molecular complexity index is 1490. The van der Waals surface area contributed by atoms with E-state index < -0.39 is 23.5 Å². The van der Waals surface area contributed by atoms with Crippen LogP contribution in [0.15, 0.2) is 54.6 Å². The Morgan fingerprint density at radius 2 is 1.16 bits per heavy atom. The minimum atomic E-state index is -4.68. The van der Waals surface area contributed by atoms with Gasteiger partial charge in [-0.05, 0) is 83.3 Å². The molecule has 0 amide bonds. The largest absolute Gasteiger partial charge is 0.493 e. The summed E-state index contributed by atoms with van der Waals surface area (Å²) in [6.45, 7) is 0.914. The smallest absolute Gasteiger partial charge is 0.416 e. The predicted molar refractivity (Wildman–Crippen MR) is 158 cm³/mol. The van der Waals surface area contributed by atoms with Crippen molar-refractivity contribution >= 4 is 5.96 Å². The third-order valence-corrected chi connectivity index (χ3v) is 6.00. The third-order valence-electron chi connectivity index (χ3n) is 6.00. The molecular weight excluding hydrogens is 584 g/mol. The molecule has 8 N–H and O–H groups in total. The van der Waals surface area contributed by atoms with Gasteiger partial charge in [-0.25, -0.2) is 0 Å². The fourth-order valence-corrected chi connectivity index (χ4v) is 4.03. The maximum atomic E-state index is 13.8. The molecule has 12 heteroatoms. The van der Waals surface area contributed by atoms with Gasteiger partial charge in [0, 0.05) is 43.6 Å². The zero-order valence-corrected chi connectivity index (χ0v) is 23.6. The highest BCUT2D eigenvalue weighted by atomic mass is 19.4. The van der Waals surface area contributed by atoms with Crippen molar-refractivity contribution in [2.45, 2.75) is 31.6 Å². The molecule has 3 rings (SSSR count). The number of hydrogen-bond donors (Lipinski definition) is 5. The number of halogens is 6. The van der Waals surface area contributed by atoms with Gasteiger partial charge in [0.05, 0.1) is 17.7 Å². The molecule has 0 aliphatic rings. The van der Waals surface area contributed by atoms with E-state index in [4.69, 9.17) is 27.3 Å². The molecule has 0 fully saturated rings. The Morgan fingerprint density at radius 1 is 0.705 bits per heavy atom. The SMILES string of the molecule is N=C(N)NCCCOc1cc(-c2cc(C#CCCN)cc(C(F)(F)F)c2)cc(-c2cc(C#CCCN)cc(C(F)(F)F)c2)c1. The van der Waals surface area contributed by atoms with E-state index in [0.29, 0.717) is 13.0 Å². The number of guanidine groups is 1. The second kappa shape index (κ2) is 15.2. The van der Waals surface area contributed by atoms with Crippen molar-refractivity contribution in [3.05, 3.63) is 76.9 Å². The van der Waals surface area contributed by atoms with Crippen LogP contribution in [-0.4, -0.2) is 32.2 Å². The van der Waals surface area contributed by atoms with E-state index in [2.05, 4.69) is 29.0 Å². The van der Waals surface area contributed by atoms with E-state index in [-0.39, 0.29) is 77.6 Å². The Labute approximate surface area is 251 Å². The van der Waals surface area contributed by atoms with Gasteiger partial charge in [0.25, 0.3) is 0 Å². The summed E-state index contributed by atoms with van der Waals surface area (Å²) in [6, 6.07) is 11.2. The maximum Gasteiger partial charge on any atom is 0.416 e. The van der Waals surface area contributed by atoms with Crippen LogP contribution >= 0.6 is 0 Å². The van der Waals surface area contributed by atoms with Gasteiger partial charge in [0.2, 0.25) is 0 Å². The van der Waals surface area contributed by atoms with Crippen LogP contribution < -0.4 is 27.3 Å². The summed E-state index contributed by atoms with van der Waals surface area (Å²) in [5, 5.41) is 9.87. The van der Waals surface area contributed by atoms with Crippen molar-refractivity contribution in [1.82, 2.24) is 5.32 Å². The standard InChI is InChI=1S/C32H31F6N5O/c33-31(34,35)27-14-21(6-1-3-8-39)12-23(17-27)25-16-26(20-29(19-25)44-11-5-10-43-30(41)42)24-13-22(7-2-4-9-40)15-28(18-24)32(36,37)38/h12-20H,3-5,8-11,39-40H2,(H4,41,42,43). The van der Waals surface area contributed by atoms with Crippen molar-refractivity contribution in [1.29, 1.82) is 5.41 Å². The van der Waals surface area contributed by atoms with Gasteiger partial charge in [-0.15, -0.1) is 0 Å². The van der Waals surface area contributed by atoms with E-state index in [1.807, 2.05) is 0 Å². The minimum absolute atomic E-state index is 0.1000. The number of hydrogen-bond acceptors (Lipinski definition) is 4. The van der Waals surface area contributed by atoms with E-state index in [1.54, 1.807) is 0 Å². The number of alkyl halides is 6. The van der Waals surface area contributed by atoms with E-state index >= 15 is 0 Å². The predicted octanol–water partition coefficient (Wildman–Crippen LogP) is 5.71. The molecule has 0 saturated heterocycles. The summed E-state index contributed by atoms with van der Waals surface area (Å²) in [5.74, 6) is 10.8. The summed E-state index contributed by atoms with van der Waals surface area (Å²) in [7, 11) is 0. The topological polar surface area (TPSA) is 123 Å². The van der Waals surface area contributed by atoms with Crippen molar-refractivity contribution < 1.29 is 31.1 Å². The van der Waals surface area contributed by atoms with Crippen molar-refractivity contribution in [3.63, 3.8) is 0 Å². The normalized spacial score (nSPS) is 11.2. The second-order valence-corrected chi connectivity index (χ2v) is 9.56. The Kier molecular flexibility index (Phi) is 11.7. The van der Waals surface area contributed by atoms with Gasteiger partial charge in [0.15, 0.2) is 5.96 Å². The van der Waals surface area contributed by atoms with Crippen molar-refractivity contribution in [3.8, 4) is 51.7 Å². The lowest BCUT2D eigenvalue weighted by Gasteiger charge is -2.15. The quantitative estimate of drug-likeness (QED) is 0.0694. The summed E-state index contributed by atoms with van der Waals surface area (Å²) in [4.78, 5) is 0. The van der Waals surface area contributed by atoms with E-state index in [1.165, 1.54) is 30.3 Å². The number of nitrogens with two attached hydrogens (primary N) is 3. The summed E-state index contributed by atoms with van der Waals surface area (Å²) >= 11 is 0. The van der Waals surface area contributed by atoms with Crippen LogP contribution in [-0.2, 0) is 12.4 Å². The van der Waals surface area contributed by atoms with Crippen molar-refractivity contribution in [2.75, 3.05) is 26.2 Å². The molecular formula is C32H31F6N5O. The Balaban J connectivity index is 2.20. The molecule has 0 spiro atoms. The van der Waals surface area contributed by atoms with Crippen LogP contribution in [0.2, 0.25) is 0 Å². The fraction of sp³-hybridized carbons (Fsp3) is 0.281. The maximum absolute atomic E-state index is 13.8. The van der Waals surface area contributed by atoms with Crippen LogP contribution in [0.25, 0.3) is 22.3 Å². The van der Waals surface area contributed by atoms with Gasteiger partial charge in [-0.2, -0.15) is 26.3 Å². The lowest BCUT2D eigenvalue weighted by Crippen LogP contribution is -2.31. The zero-order valence-electron chi connectivity index (χ0n) is 23.6. The van der Waals surface area contributed by atoms with Gasteiger partial charge >= 0.3 is 12.4 Å². The molecule has 3 aromatic carbocycles. The highest BCUT2D eigenvalue weighted by molar-refractivity contribution is 5.77. The van der Waals surface area contributed by atoms with Crippen molar-refractivity contribution in [2.24, 2.45) is 17.2 Å². The molecule has 0 atom stereocenters. The molecule has 3 aromatic rings. The van der Waals surface area contributed by atoms with Crippen LogP contribution in [0.5, 0.6) is 5.75 Å².